The van der Waals surface area contributed by atoms with Gasteiger partial charge in [-0.3, -0.25) is 4.99 Å². The van der Waals surface area contributed by atoms with E-state index in [4.69, 9.17) is 15.1 Å². The molecule has 0 bridgehead atoms. The van der Waals surface area contributed by atoms with Crippen molar-refractivity contribution in [2.45, 2.75) is 66.4 Å². The summed E-state index contributed by atoms with van der Waals surface area (Å²) in [5.41, 5.74) is 8.43. The summed E-state index contributed by atoms with van der Waals surface area (Å²) in [5.74, 6) is 1.07. The molecule has 0 amide bonds. The molecule has 0 aromatic heterocycles. The van der Waals surface area contributed by atoms with Gasteiger partial charge in [-0.25, -0.2) is 0 Å². The van der Waals surface area contributed by atoms with Gasteiger partial charge in [0.15, 0.2) is 0 Å². The summed E-state index contributed by atoms with van der Waals surface area (Å²) in [7, 11) is 0. The van der Waals surface area contributed by atoms with E-state index >= 15 is 0 Å². The Kier molecular flexibility index (Phi) is 7.25. The van der Waals surface area contributed by atoms with E-state index in [1.54, 1.807) is 0 Å². The van der Waals surface area contributed by atoms with E-state index in [-0.39, 0.29) is 6.10 Å². The largest absolute Gasteiger partial charge is 0.490 e. The van der Waals surface area contributed by atoms with Crippen molar-refractivity contribution in [3.8, 4) is 5.75 Å². The summed E-state index contributed by atoms with van der Waals surface area (Å²) < 4.78 is 5.85. The molecule has 0 saturated carbocycles. The number of hydrogen-bond donors (Lipinski definition) is 1. The predicted molar refractivity (Wildman–Crippen MR) is 128 cm³/mol. The number of benzene rings is 2. The molecule has 0 heterocycles. The standard InChI is InChI=1S/C27H34N2O/c1-6-19(4)27(22-13-14-26(30-18(2)3)23(15-22)16-28)29-17-20(5)24-11-7-9-21-10-8-12-25(21)24/h7,9,11,13-19,28H,6,8,10,12H2,1-5H3/b20-17+,28-16?,29-27?. The topological polar surface area (TPSA) is 45.4 Å². The lowest BCUT2D eigenvalue weighted by Gasteiger charge is -2.17. The maximum atomic E-state index is 7.82. The number of aliphatic imine (C=N–C) groups is 1. The summed E-state index contributed by atoms with van der Waals surface area (Å²) in [6.07, 6.45) is 8.08. The fourth-order valence-electron chi connectivity index (χ4n) is 4.09. The van der Waals surface area contributed by atoms with Crippen LogP contribution in [0.1, 0.15) is 75.3 Å². The molecule has 2 aromatic carbocycles. The quantitative estimate of drug-likeness (QED) is 0.482. The van der Waals surface area contributed by atoms with Gasteiger partial charge in [-0.1, -0.05) is 32.0 Å². The summed E-state index contributed by atoms with van der Waals surface area (Å²) in [6.45, 7) is 10.6. The van der Waals surface area contributed by atoms with Crippen LogP contribution in [0.5, 0.6) is 5.75 Å². The Bertz CT molecular complexity index is 969. The van der Waals surface area contributed by atoms with Crippen LogP contribution in [0, 0.1) is 11.3 Å². The molecule has 1 unspecified atom stereocenters. The lowest BCUT2D eigenvalue weighted by molar-refractivity contribution is 0.242. The number of hydrogen-bond acceptors (Lipinski definition) is 3. The SMILES string of the molecule is CCC(C)C(=N/C=C(\C)c1cccc2c1CCC2)c1ccc(OC(C)C)c(C=N)c1. The van der Waals surface area contributed by atoms with E-state index in [2.05, 4.69) is 45.0 Å². The van der Waals surface area contributed by atoms with E-state index in [0.717, 1.165) is 29.0 Å². The van der Waals surface area contributed by atoms with Crippen molar-refractivity contribution in [3.05, 3.63) is 70.4 Å². The van der Waals surface area contributed by atoms with Crippen LogP contribution >= 0.6 is 0 Å². The zero-order chi connectivity index (χ0) is 21.7. The molecule has 0 saturated heterocycles. The average molecular weight is 403 g/mol. The average Bonchev–Trinajstić information content (AvgIpc) is 3.22. The molecule has 3 nitrogen and oxygen atoms in total. The smallest absolute Gasteiger partial charge is 0.128 e. The van der Waals surface area contributed by atoms with Gasteiger partial charge in [-0.05, 0) is 98.4 Å². The molecule has 2 aromatic rings. The van der Waals surface area contributed by atoms with Gasteiger partial charge in [-0.2, -0.15) is 0 Å². The third-order valence-electron chi connectivity index (χ3n) is 5.87. The molecule has 0 radical (unpaired) electrons. The van der Waals surface area contributed by atoms with Crippen LogP contribution in [0.3, 0.4) is 0 Å². The van der Waals surface area contributed by atoms with Crippen molar-refractivity contribution >= 4 is 17.5 Å². The van der Waals surface area contributed by atoms with Crippen LogP contribution in [0.4, 0.5) is 0 Å². The summed E-state index contributed by atoms with van der Waals surface area (Å²) in [6, 6.07) is 12.7. The van der Waals surface area contributed by atoms with Crippen molar-refractivity contribution in [1.82, 2.24) is 0 Å². The van der Waals surface area contributed by atoms with Gasteiger partial charge in [0.1, 0.15) is 5.75 Å². The van der Waals surface area contributed by atoms with Gasteiger partial charge in [0, 0.05) is 18.0 Å². The number of rotatable bonds is 8. The van der Waals surface area contributed by atoms with Crippen LogP contribution in [-0.2, 0) is 12.8 Å². The van der Waals surface area contributed by atoms with E-state index in [1.165, 1.54) is 47.7 Å². The minimum Gasteiger partial charge on any atom is -0.490 e. The molecule has 3 rings (SSSR count). The summed E-state index contributed by atoms with van der Waals surface area (Å²) in [5, 5.41) is 7.82. The third-order valence-corrected chi connectivity index (χ3v) is 5.87. The fourth-order valence-corrected chi connectivity index (χ4v) is 4.09. The first-order chi connectivity index (χ1) is 14.4. The number of fused-ring (bicyclic) bond motifs is 1. The highest BCUT2D eigenvalue weighted by atomic mass is 16.5. The lowest BCUT2D eigenvalue weighted by Crippen LogP contribution is -2.13. The Hall–Kier alpha value is -2.68. The van der Waals surface area contributed by atoms with Crippen LogP contribution < -0.4 is 4.74 Å². The molecule has 158 valence electrons. The molecule has 1 aliphatic carbocycles. The third kappa shape index (κ3) is 4.89. The number of nitrogens with one attached hydrogen (secondary N) is 1. The van der Waals surface area contributed by atoms with Crippen molar-refractivity contribution in [2.24, 2.45) is 10.9 Å². The maximum absolute atomic E-state index is 7.82. The molecular formula is C27H34N2O. The number of allylic oxidation sites excluding steroid dienone is 1. The molecule has 1 aliphatic rings. The Morgan fingerprint density at radius 3 is 2.67 bits per heavy atom. The number of nitrogens with zero attached hydrogens (tertiary/aromatic N) is 1. The van der Waals surface area contributed by atoms with E-state index in [0.29, 0.717) is 5.92 Å². The van der Waals surface area contributed by atoms with E-state index in [1.807, 2.05) is 32.2 Å². The fraction of sp³-hybridized carbons (Fsp3) is 0.407. The highest BCUT2D eigenvalue weighted by Crippen LogP contribution is 2.30. The molecule has 1 atom stereocenters. The molecule has 0 aliphatic heterocycles. The molecule has 1 N–H and O–H groups in total. The van der Waals surface area contributed by atoms with Gasteiger partial charge < -0.3 is 10.1 Å². The second-order valence-electron chi connectivity index (χ2n) is 8.50. The van der Waals surface area contributed by atoms with Crippen LogP contribution in [-0.4, -0.2) is 18.0 Å². The van der Waals surface area contributed by atoms with Crippen LogP contribution in [0.2, 0.25) is 0 Å². The highest BCUT2D eigenvalue weighted by molar-refractivity contribution is 6.04. The van der Waals surface area contributed by atoms with Gasteiger partial charge in [0.2, 0.25) is 0 Å². The van der Waals surface area contributed by atoms with Crippen molar-refractivity contribution in [1.29, 1.82) is 5.41 Å². The van der Waals surface area contributed by atoms with Crippen molar-refractivity contribution < 1.29 is 4.74 Å². The first-order valence-corrected chi connectivity index (χ1v) is 11.1. The summed E-state index contributed by atoms with van der Waals surface area (Å²) in [4.78, 5) is 4.97. The molecule has 0 fully saturated rings. The Morgan fingerprint density at radius 2 is 1.97 bits per heavy atom. The Morgan fingerprint density at radius 1 is 1.17 bits per heavy atom. The predicted octanol–water partition coefficient (Wildman–Crippen LogP) is 6.86. The van der Waals surface area contributed by atoms with Crippen molar-refractivity contribution in [2.75, 3.05) is 0 Å². The van der Waals surface area contributed by atoms with Crippen LogP contribution in [0.15, 0.2) is 47.6 Å². The number of ether oxygens (including phenoxy) is 1. The normalized spacial score (nSPS) is 15.3. The second kappa shape index (κ2) is 9.88. The summed E-state index contributed by atoms with van der Waals surface area (Å²) >= 11 is 0. The lowest BCUT2D eigenvalue weighted by atomic mass is 9.94. The first-order valence-electron chi connectivity index (χ1n) is 11.1. The van der Waals surface area contributed by atoms with Gasteiger partial charge >= 0.3 is 0 Å². The van der Waals surface area contributed by atoms with Gasteiger partial charge in [0.25, 0.3) is 0 Å². The molecule has 30 heavy (non-hydrogen) atoms. The Labute approximate surface area is 181 Å². The maximum Gasteiger partial charge on any atom is 0.128 e. The first kappa shape index (κ1) is 22.0. The zero-order valence-corrected chi connectivity index (χ0v) is 19.0. The van der Waals surface area contributed by atoms with E-state index in [9.17, 15) is 0 Å². The molecule has 3 heteroatoms. The second-order valence-corrected chi connectivity index (χ2v) is 8.50. The van der Waals surface area contributed by atoms with Gasteiger partial charge in [0.05, 0.1) is 11.8 Å². The molecule has 0 spiro atoms. The highest BCUT2D eigenvalue weighted by Gasteiger charge is 2.16. The zero-order valence-electron chi connectivity index (χ0n) is 19.0. The van der Waals surface area contributed by atoms with Crippen molar-refractivity contribution in [3.63, 3.8) is 0 Å². The van der Waals surface area contributed by atoms with Crippen LogP contribution in [0.25, 0.3) is 5.57 Å². The minimum atomic E-state index is 0.0791. The minimum absolute atomic E-state index is 0.0791. The Balaban J connectivity index is 1.99. The van der Waals surface area contributed by atoms with Gasteiger partial charge in [-0.15, -0.1) is 0 Å². The monoisotopic (exact) mass is 402 g/mol. The number of aryl methyl sites for hydroxylation is 1. The van der Waals surface area contributed by atoms with E-state index < -0.39 is 0 Å². The molecular weight excluding hydrogens is 368 g/mol.